The van der Waals surface area contributed by atoms with Crippen molar-refractivity contribution in [3.05, 3.63) is 72.8 Å². The average molecular weight is 322 g/mol. The van der Waals surface area contributed by atoms with E-state index in [1.165, 1.54) is 29.6 Å². The first-order chi connectivity index (χ1) is 11.0. The van der Waals surface area contributed by atoms with E-state index < -0.39 is 0 Å². The van der Waals surface area contributed by atoms with Crippen molar-refractivity contribution in [2.75, 3.05) is 6.16 Å². The summed E-state index contributed by atoms with van der Waals surface area (Å²) in [5.41, 5.74) is 0.606. The fourth-order valence-corrected chi connectivity index (χ4v) is 6.38. The third-order valence-electron chi connectivity index (χ3n) is 5.55. The predicted octanol–water partition coefficient (Wildman–Crippen LogP) is 5.50. The van der Waals surface area contributed by atoms with Gasteiger partial charge in [-0.2, -0.15) is 0 Å². The van der Waals surface area contributed by atoms with Crippen LogP contribution in [-0.2, 0) is 0 Å². The third-order valence-corrected chi connectivity index (χ3v) is 8.50. The molecule has 0 nitrogen and oxygen atoms in total. The van der Waals surface area contributed by atoms with Gasteiger partial charge in [0.25, 0.3) is 0 Å². The van der Waals surface area contributed by atoms with Gasteiger partial charge in [0.2, 0.25) is 0 Å². The second-order valence-corrected chi connectivity index (χ2v) is 9.70. The Hall–Kier alpha value is -1.39. The van der Waals surface area contributed by atoms with E-state index in [0.717, 1.165) is 0 Å². The van der Waals surface area contributed by atoms with Crippen LogP contribution in [0.25, 0.3) is 0 Å². The fourth-order valence-electron chi connectivity index (χ4n) is 3.50. The molecule has 1 heteroatoms. The first kappa shape index (κ1) is 16.5. The molecule has 1 atom stereocenters. The second-order valence-electron chi connectivity index (χ2n) is 7.50. The van der Waals surface area contributed by atoms with Gasteiger partial charge in [-0.15, -0.1) is 0 Å². The SMILES string of the molecule is CC(C)(CP(c1ccccc1)c1ccccc1)[C@@]1(C)C=CCC1. The Labute approximate surface area is 142 Å². The molecule has 0 spiro atoms. The van der Waals surface area contributed by atoms with Crippen LogP contribution in [0.2, 0.25) is 0 Å². The number of allylic oxidation sites excluding steroid dienone is 2. The zero-order chi connectivity index (χ0) is 16.3. The fraction of sp³-hybridized carbons (Fsp3) is 0.364. The Bertz CT molecular complexity index is 617. The summed E-state index contributed by atoms with van der Waals surface area (Å²) in [6.07, 6.45) is 8.59. The highest BCUT2D eigenvalue weighted by Crippen LogP contribution is 2.53. The third kappa shape index (κ3) is 3.43. The van der Waals surface area contributed by atoms with Crippen molar-refractivity contribution in [2.24, 2.45) is 10.8 Å². The summed E-state index contributed by atoms with van der Waals surface area (Å²) in [4.78, 5) is 0. The molecule has 0 fully saturated rings. The summed E-state index contributed by atoms with van der Waals surface area (Å²) < 4.78 is 0. The minimum Gasteiger partial charge on any atom is -0.0879 e. The summed E-state index contributed by atoms with van der Waals surface area (Å²) >= 11 is 0. The smallest absolute Gasteiger partial charge is 0.00889 e. The molecule has 3 rings (SSSR count). The van der Waals surface area contributed by atoms with Crippen LogP contribution in [0, 0.1) is 10.8 Å². The minimum absolute atomic E-state index is 0.289. The van der Waals surface area contributed by atoms with E-state index >= 15 is 0 Å². The van der Waals surface area contributed by atoms with Crippen LogP contribution in [0.15, 0.2) is 72.8 Å². The molecule has 0 saturated carbocycles. The molecule has 0 bridgehead atoms. The Morgan fingerprint density at radius 1 is 0.913 bits per heavy atom. The lowest BCUT2D eigenvalue weighted by atomic mass is 9.67. The van der Waals surface area contributed by atoms with E-state index in [2.05, 4.69) is 93.6 Å². The lowest BCUT2D eigenvalue weighted by Gasteiger charge is -2.43. The summed E-state index contributed by atoms with van der Waals surface area (Å²) in [6, 6.07) is 22.2. The van der Waals surface area contributed by atoms with Crippen LogP contribution < -0.4 is 10.6 Å². The zero-order valence-corrected chi connectivity index (χ0v) is 15.4. The second kappa shape index (κ2) is 6.62. The summed E-state index contributed by atoms with van der Waals surface area (Å²) in [7, 11) is -0.321. The molecule has 23 heavy (non-hydrogen) atoms. The maximum atomic E-state index is 2.47. The Morgan fingerprint density at radius 2 is 1.43 bits per heavy atom. The highest BCUT2D eigenvalue weighted by Gasteiger charge is 2.41. The molecule has 0 heterocycles. The van der Waals surface area contributed by atoms with E-state index in [4.69, 9.17) is 0 Å². The Morgan fingerprint density at radius 3 is 1.87 bits per heavy atom. The van der Waals surface area contributed by atoms with E-state index in [9.17, 15) is 0 Å². The van der Waals surface area contributed by atoms with Gasteiger partial charge in [0.05, 0.1) is 0 Å². The predicted molar refractivity (Wildman–Crippen MR) is 104 cm³/mol. The molecule has 0 radical (unpaired) electrons. The number of hydrogen-bond acceptors (Lipinski definition) is 0. The molecule has 1 aliphatic rings. The average Bonchev–Trinajstić information content (AvgIpc) is 3.03. The summed E-state index contributed by atoms with van der Waals surface area (Å²) in [5.74, 6) is 0. The molecule has 0 unspecified atom stereocenters. The van der Waals surface area contributed by atoms with Crippen LogP contribution in [0.3, 0.4) is 0 Å². The first-order valence-electron chi connectivity index (χ1n) is 8.57. The lowest BCUT2D eigenvalue weighted by Crippen LogP contribution is -2.36. The standard InChI is InChI=1S/C22H27P/c1-21(2,22(3)16-10-11-17-22)18-23(19-12-6-4-7-13-19)20-14-8-5-9-15-20/h4-10,12-16H,11,17-18H2,1-3H3/t22-/m0/s1. The topological polar surface area (TPSA) is 0 Å². The largest absolute Gasteiger partial charge is 0.0879 e. The lowest BCUT2D eigenvalue weighted by molar-refractivity contribution is 0.172. The van der Waals surface area contributed by atoms with E-state index in [1.54, 1.807) is 0 Å². The molecular formula is C22H27P. The molecule has 2 aromatic rings. The van der Waals surface area contributed by atoms with Crippen molar-refractivity contribution in [2.45, 2.75) is 33.6 Å². The number of hydrogen-bond donors (Lipinski definition) is 0. The van der Waals surface area contributed by atoms with Crippen molar-refractivity contribution in [1.82, 2.24) is 0 Å². The summed E-state index contributed by atoms with van der Waals surface area (Å²) in [6.45, 7) is 7.37. The van der Waals surface area contributed by atoms with Crippen LogP contribution in [0.5, 0.6) is 0 Å². The van der Waals surface area contributed by atoms with Crippen LogP contribution in [0.4, 0.5) is 0 Å². The molecule has 120 valence electrons. The van der Waals surface area contributed by atoms with Crippen LogP contribution >= 0.6 is 7.92 Å². The maximum Gasteiger partial charge on any atom is -0.00889 e. The molecule has 0 aromatic heterocycles. The van der Waals surface area contributed by atoms with Gasteiger partial charge < -0.3 is 0 Å². The molecule has 0 amide bonds. The Balaban J connectivity index is 1.95. The quantitative estimate of drug-likeness (QED) is 0.503. The highest BCUT2D eigenvalue weighted by molar-refractivity contribution is 7.73. The monoisotopic (exact) mass is 322 g/mol. The van der Waals surface area contributed by atoms with E-state index in [0.29, 0.717) is 5.41 Å². The Kier molecular flexibility index (Phi) is 4.74. The van der Waals surface area contributed by atoms with Gasteiger partial charge in [0.1, 0.15) is 0 Å². The molecular weight excluding hydrogens is 295 g/mol. The minimum atomic E-state index is -0.321. The van der Waals surface area contributed by atoms with Crippen molar-refractivity contribution < 1.29 is 0 Å². The van der Waals surface area contributed by atoms with Crippen LogP contribution in [-0.4, -0.2) is 6.16 Å². The highest BCUT2D eigenvalue weighted by atomic mass is 31.1. The zero-order valence-electron chi connectivity index (χ0n) is 14.5. The molecule has 2 aromatic carbocycles. The van der Waals surface area contributed by atoms with Gasteiger partial charge in [-0.05, 0) is 48.4 Å². The van der Waals surface area contributed by atoms with Gasteiger partial charge in [-0.1, -0.05) is 93.6 Å². The molecule has 0 N–H and O–H groups in total. The molecule has 1 aliphatic carbocycles. The van der Waals surface area contributed by atoms with Crippen molar-refractivity contribution in [3.63, 3.8) is 0 Å². The van der Waals surface area contributed by atoms with Gasteiger partial charge >= 0.3 is 0 Å². The van der Waals surface area contributed by atoms with Crippen molar-refractivity contribution >= 4 is 18.5 Å². The van der Waals surface area contributed by atoms with E-state index in [-0.39, 0.29) is 13.3 Å². The first-order valence-corrected chi connectivity index (χ1v) is 10.1. The van der Waals surface area contributed by atoms with Gasteiger partial charge in [-0.25, -0.2) is 0 Å². The van der Waals surface area contributed by atoms with Crippen molar-refractivity contribution in [3.8, 4) is 0 Å². The number of rotatable bonds is 5. The van der Waals surface area contributed by atoms with E-state index in [1.807, 2.05) is 0 Å². The number of benzene rings is 2. The summed E-state index contributed by atoms with van der Waals surface area (Å²) in [5, 5.41) is 2.99. The van der Waals surface area contributed by atoms with Gasteiger partial charge in [0.15, 0.2) is 0 Å². The molecule has 0 aliphatic heterocycles. The van der Waals surface area contributed by atoms with Gasteiger partial charge in [0, 0.05) is 0 Å². The maximum absolute atomic E-state index is 2.47. The van der Waals surface area contributed by atoms with Gasteiger partial charge in [-0.3, -0.25) is 0 Å². The molecule has 0 saturated heterocycles. The van der Waals surface area contributed by atoms with Crippen molar-refractivity contribution in [1.29, 1.82) is 0 Å². The van der Waals surface area contributed by atoms with Crippen LogP contribution in [0.1, 0.15) is 33.6 Å². The normalized spacial score (nSPS) is 21.0.